The van der Waals surface area contributed by atoms with Crippen molar-refractivity contribution in [3.05, 3.63) is 0 Å². The molecule has 0 aromatic rings. The van der Waals surface area contributed by atoms with Crippen molar-refractivity contribution in [3.8, 4) is 0 Å². The molecule has 5 heteroatoms. The van der Waals surface area contributed by atoms with Gasteiger partial charge in [-0.2, -0.15) is 0 Å². The van der Waals surface area contributed by atoms with E-state index in [1.165, 1.54) is 0 Å². The zero-order valence-electron chi connectivity index (χ0n) is 15.3. The third-order valence-corrected chi connectivity index (χ3v) is 8.11. The highest BCUT2D eigenvalue weighted by atomic mass is 31.1. The molecule has 0 aromatic heterocycles. The zero-order valence-corrected chi connectivity index (χ0v) is 17.1. The van der Waals surface area contributed by atoms with E-state index in [0.717, 1.165) is 26.3 Å². The van der Waals surface area contributed by atoms with Crippen LogP contribution < -0.4 is 5.32 Å². The van der Waals surface area contributed by atoms with E-state index < -0.39 is 0 Å². The topological polar surface area (TPSA) is 30.5 Å². The molecule has 0 saturated carbocycles. The average molecular weight is 337 g/mol. The number of hydrogen-bond acceptors (Lipinski definition) is 3. The molecule has 0 heterocycles. The predicted molar refractivity (Wildman–Crippen MR) is 99.2 cm³/mol. The Morgan fingerprint density at radius 1 is 0.619 bits per heavy atom. The maximum absolute atomic E-state index is 6.03. The van der Waals surface area contributed by atoms with Crippen LogP contribution in [0.1, 0.15) is 55.4 Å². The molecule has 0 spiro atoms. The Balaban J connectivity index is 3.68. The van der Waals surface area contributed by atoms with Gasteiger partial charge in [-0.25, -0.2) is 0 Å². The lowest BCUT2D eigenvalue weighted by atomic mass is 10.5. The van der Waals surface area contributed by atoms with Crippen molar-refractivity contribution < 1.29 is 9.05 Å². The van der Waals surface area contributed by atoms with Gasteiger partial charge >= 0.3 is 0 Å². The Hall–Kier alpha value is 0.740. The Kier molecular flexibility index (Phi) is 12.6. The van der Waals surface area contributed by atoms with Crippen molar-refractivity contribution in [1.29, 1.82) is 0 Å². The summed E-state index contributed by atoms with van der Waals surface area (Å²) < 4.78 is 12.1. The third-order valence-electron chi connectivity index (χ3n) is 3.07. The predicted octanol–water partition coefficient (Wildman–Crippen LogP) is 5.04. The SMILES string of the molecule is CC(C)P(OCCNCCOP(C(C)C)C(C)C)C(C)C. The van der Waals surface area contributed by atoms with Gasteiger partial charge < -0.3 is 14.4 Å². The summed E-state index contributed by atoms with van der Waals surface area (Å²) in [7, 11) is -0.598. The third kappa shape index (κ3) is 10.2. The molecule has 0 amide bonds. The lowest BCUT2D eigenvalue weighted by Gasteiger charge is -2.26. The quantitative estimate of drug-likeness (QED) is 0.400. The van der Waals surface area contributed by atoms with Crippen LogP contribution in [0.3, 0.4) is 0 Å². The Labute approximate surface area is 135 Å². The summed E-state index contributed by atoms with van der Waals surface area (Å²) in [4.78, 5) is 0. The van der Waals surface area contributed by atoms with Gasteiger partial charge in [0.15, 0.2) is 0 Å². The van der Waals surface area contributed by atoms with Crippen LogP contribution in [0.5, 0.6) is 0 Å². The molecule has 0 bridgehead atoms. The molecule has 0 unspecified atom stereocenters. The van der Waals surface area contributed by atoms with E-state index in [0.29, 0.717) is 22.6 Å². The van der Waals surface area contributed by atoms with Crippen LogP contribution in [-0.4, -0.2) is 48.9 Å². The molecular weight excluding hydrogens is 300 g/mol. The van der Waals surface area contributed by atoms with Gasteiger partial charge in [-0.1, -0.05) is 55.4 Å². The van der Waals surface area contributed by atoms with Crippen molar-refractivity contribution in [3.63, 3.8) is 0 Å². The molecule has 0 atom stereocenters. The Morgan fingerprint density at radius 2 is 0.905 bits per heavy atom. The highest BCUT2D eigenvalue weighted by molar-refractivity contribution is 7.54. The molecule has 0 aliphatic rings. The summed E-state index contributed by atoms with van der Waals surface area (Å²) in [6, 6.07) is 0. The van der Waals surface area contributed by atoms with Crippen LogP contribution in [-0.2, 0) is 9.05 Å². The van der Waals surface area contributed by atoms with Crippen LogP contribution in [0.4, 0.5) is 0 Å². The van der Waals surface area contributed by atoms with Crippen molar-refractivity contribution >= 4 is 16.3 Å². The number of rotatable bonds is 12. The molecule has 0 aliphatic heterocycles. The minimum Gasteiger partial charge on any atom is -0.357 e. The number of nitrogens with one attached hydrogen (secondary N) is 1. The maximum Gasteiger partial charge on any atom is 0.0634 e. The standard InChI is InChI=1S/C16H37NO2P2/c1-13(2)20(14(3)4)18-11-9-17-10-12-19-21(15(5)6)16(7)8/h13-17H,9-12H2,1-8H3. The summed E-state index contributed by atoms with van der Waals surface area (Å²) in [5.41, 5.74) is 2.57. The molecule has 0 aromatic carbocycles. The van der Waals surface area contributed by atoms with Gasteiger partial charge in [-0.3, -0.25) is 0 Å². The van der Waals surface area contributed by atoms with Crippen LogP contribution in [0.2, 0.25) is 0 Å². The smallest absolute Gasteiger partial charge is 0.0634 e. The van der Waals surface area contributed by atoms with Gasteiger partial charge in [-0.05, 0) is 22.6 Å². The molecule has 0 saturated heterocycles. The normalized spacial score (nSPS) is 12.9. The lowest BCUT2D eigenvalue weighted by molar-refractivity contribution is 0.312. The molecule has 1 N–H and O–H groups in total. The van der Waals surface area contributed by atoms with E-state index in [9.17, 15) is 0 Å². The molecule has 3 nitrogen and oxygen atoms in total. The van der Waals surface area contributed by atoms with Gasteiger partial charge in [0.25, 0.3) is 0 Å². The van der Waals surface area contributed by atoms with Crippen LogP contribution >= 0.6 is 16.3 Å². The monoisotopic (exact) mass is 337 g/mol. The van der Waals surface area contributed by atoms with Crippen molar-refractivity contribution in [2.45, 2.75) is 78.0 Å². The van der Waals surface area contributed by atoms with E-state index in [4.69, 9.17) is 9.05 Å². The fourth-order valence-corrected chi connectivity index (χ4v) is 6.54. The minimum absolute atomic E-state index is 0.299. The first-order chi connectivity index (χ1) is 9.77. The zero-order chi connectivity index (χ0) is 16.4. The summed E-state index contributed by atoms with van der Waals surface area (Å²) in [6.07, 6.45) is 0. The fourth-order valence-electron chi connectivity index (χ4n) is 2.36. The van der Waals surface area contributed by atoms with Gasteiger partial charge in [0, 0.05) is 29.4 Å². The number of hydrogen-bond donors (Lipinski definition) is 1. The molecular formula is C16H37NO2P2. The second-order valence-corrected chi connectivity index (χ2v) is 12.6. The van der Waals surface area contributed by atoms with Gasteiger partial charge in [0.1, 0.15) is 0 Å². The highest BCUT2D eigenvalue weighted by Gasteiger charge is 2.18. The molecule has 0 fully saturated rings. The van der Waals surface area contributed by atoms with Gasteiger partial charge in [0.2, 0.25) is 0 Å². The van der Waals surface area contributed by atoms with E-state index in [2.05, 4.69) is 60.7 Å². The molecule has 21 heavy (non-hydrogen) atoms. The maximum atomic E-state index is 6.03. The van der Waals surface area contributed by atoms with Crippen LogP contribution in [0.15, 0.2) is 0 Å². The van der Waals surface area contributed by atoms with Gasteiger partial charge in [0.05, 0.1) is 13.2 Å². The molecule has 0 rings (SSSR count). The van der Waals surface area contributed by atoms with Crippen molar-refractivity contribution in [2.24, 2.45) is 0 Å². The summed E-state index contributed by atoms with van der Waals surface area (Å²) in [5, 5.41) is 3.42. The Morgan fingerprint density at radius 3 is 1.14 bits per heavy atom. The fraction of sp³-hybridized carbons (Fsp3) is 1.00. The van der Waals surface area contributed by atoms with Crippen molar-refractivity contribution in [1.82, 2.24) is 5.32 Å². The van der Waals surface area contributed by atoms with E-state index in [1.54, 1.807) is 0 Å². The minimum atomic E-state index is -0.299. The summed E-state index contributed by atoms with van der Waals surface area (Å²) >= 11 is 0. The van der Waals surface area contributed by atoms with Gasteiger partial charge in [-0.15, -0.1) is 0 Å². The molecule has 0 radical (unpaired) electrons. The summed E-state index contributed by atoms with van der Waals surface area (Å²) in [5.74, 6) is 0. The molecule has 0 aliphatic carbocycles. The second kappa shape index (κ2) is 12.2. The van der Waals surface area contributed by atoms with E-state index >= 15 is 0 Å². The summed E-state index contributed by atoms with van der Waals surface area (Å²) in [6.45, 7) is 21.5. The first-order valence-corrected chi connectivity index (χ1v) is 11.1. The van der Waals surface area contributed by atoms with E-state index in [1.807, 2.05) is 0 Å². The first kappa shape index (κ1) is 21.7. The highest BCUT2D eigenvalue weighted by Crippen LogP contribution is 2.47. The van der Waals surface area contributed by atoms with Crippen molar-refractivity contribution in [2.75, 3.05) is 26.3 Å². The largest absolute Gasteiger partial charge is 0.357 e. The average Bonchev–Trinajstić information content (AvgIpc) is 2.34. The van der Waals surface area contributed by atoms with Crippen LogP contribution in [0, 0.1) is 0 Å². The second-order valence-electron chi connectivity index (χ2n) is 6.51. The Bertz CT molecular complexity index is 208. The first-order valence-electron chi connectivity index (χ1n) is 8.30. The van der Waals surface area contributed by atoms with Crippen LogP contribution in [0.25, 0.3) is 0 Å². The molecule has 128 valence electrons. The van der Waals surface area contributed by atoms with E-state index in [-0.39, 0.29) is 16.3 Å². The lowest BCUT2D eigenvalue weighted by Crippen LogP contribution is -2.24.